The van der Waals surface area contributed by atoms with E-state index in [2.05, 4.69) is 48.9 Å². The van der Waals surface area contributed by atoms with Gasteiger partial charge in [-0.1, -0.05) is 34.0 Å². The highest BCUT2D eigenvalue weighted by molar-refractivity contribution is 9.10. The van der Waals surface area contributed by atoms with E-state index in [1.54, 1.807) is 6.92 Å². The number of hydrogen-bond acceptors (Lipinski definition) is 4. The van der Waals surface area contributed by atoms with Crippen molar-refractivity contribution in [3.63, 3.8) is 0 Å². The summed E-state index contributed by atoms with van der Waals surface area (Å²) >= 11 is 13.9. The molecule has 3 aliphatic rings. The van der Waals surface area contributed by atoms with Crippen molar-refractivity contribution in [1.82, 2.24) is 14.8 Å². The zero-order valence-electron chi connectivity index (χ0n) is 25.1. The van der Waals surface area contributed by atoms with Gasteiger partial charge in [-0.05, 0) is 121 Å². The molecule has 0 saturated carbocycles. The smallest absolute Gasteiger partial charge is 0.222 e. The normalized spacial score (nSPS) is 19.5. The molecule has 1 aromatic heterocycles. The lowest BCUT2D eigenvalue weighted by Crippen LogP contribution is -2.43. The van der Waals surface area contributed by atoms with E-state index in [1.165, 1.54) is 16.7 Å². The summed E-state index contributed by atoms with van der Waals surface area (Å²) in [6.45, 7) is 4.65. The van der Waals surface area contributed by atoms with Gasteiger partial charge in [-0.25, -0.2) is 0 Å². The standard InChI is InChI=1S/C34H42Br2ClN3O3/c1-22(41)5-3-2-4-6-30(42)39-13-9-23(10-14-39)17-31(43)40-15-11-24(12-16-40)33-32-25(19-28(37)20-29(32)36)7-8-26-18-27(35)21-38-34(26)33/h18-21,23-24,33H,2-17H2,1H3/t33-/m1/s1. The van der Waals surface area contributed by atoms with Crippen LogP contribution in [0.3, 0.4) is 0 Å². The van der Waals surface area contributed by atoms with Crippen molar-refractivity contribution in [2.75, 3.05) is 26.2 Å². The number of piperidine rings is 2. The number of Topliss-reactive ketones (excluding diaryl/α,β-unsaturated/α-hetero) is 1. The molecule has 0 radical (unpaired) electrons. The average molecular weight is 736 g/mol. The van der Waals surface area contributed by atoms with Crippen molar-refractivity contribution in [1.29, 1.82) is 0 Å². The van der Waals surface area contributed by atoms with Gasteiger partial charge in [-0.15, -0.1) is 0 Å². The molecule has 2 aliphatic heterocycles. The summed E-state index contributed by atoms with van der Waals surface area (Å²) in [4.78, 5) is 46.1. The molecule has 2 fully saturated rings. The number of carbonyl (C=O) groups is 3. The van der Waals surface area contributed by atoms with Crippen LogP contribution >= 0.6 is 43.5 Å². The largest absolute Gasteiger partial charge is 0.343 e. The number of carbonyl (C=O) groups excluding carboxylic acids is 3. The third-order valence-electron chi connectivity index (χ3n) is 9.63. The number of aromatic nitrogens is 1. The number of aryl methyl sites for hydroxylation is 2. The number of amides is 2. The first kappa shape index (κ1) is 32.6. The highest BCUT2D eigenvalue weighted by Gasteiger charge is 2.37. The van der Waals surface area contributed by atoms with Gasteiger partial charge in [0.1, 0.15) is 5.78 Å². The quantitative estimate of drug-likeness (QED) is 0.246. The Bertz CT molecular complexity index is 1340. The Balaban J connectivity index is 1.14. The maximum atomic E-state index is 13.4. The predicted molar refractivity (Wildman–Crippen MR) is 177 cm³/mol. The van der Waals surface area contributed by atoms with Gasteiger partial charge in [0.25, 0.3) is 0 Å². The lowest BCUT2D eigenvalue weighted by atomic mass is 9.76. The topological polar surface area (TPSA) is 70.6 Å². The summed E-state index contributed by atoms with van der Waals surface area (Å²) < 4.78 is 2.05. The van der Waals surface area contributed by atoms with Crippen molar-refractivity contribution in [3.05, 3.63) is 60.7 Å². The molecular formula is C34H42Br2ClN3O3. The SMILES string of the molecule is CC(=O)CCCCCC(=O)N1CCC(CC(=O)N2CCC([C@H]3c4ncc(Br)cc4CCc4cc(Cl)cc(Br)c43)CC2)CC1. The molecule has 5 rings (SSSR count). The zero-order chi connectivity index (χ0) is 30.5. The van der Waals surface area contributed by atoms with Crippen LogP contribution in [0.4, 0.5) is 0 Å². The van der Waals surface area contributed by atoms with Gasteiger partial charge in [-0.2, -0.15) is 0 Å². The number of hydrogen-bond donors (Lipinski definition) is 0. The summed E-state index contributed by atoms with van der Waals surface area (Å²) in [5.74, 6) is 1.59. The molecular weight excluding hydrogens is 694 g/mol. The minimum atomic E-state index is 0.167. The van der Waals surface area contributed by atoms with Crippen molar-refractivity contribution in [3.8, 4) is 0 Å². The van der Waals surface area contributed by atoms with E-state index in [1.807, 2.05) is 17.2 Å². The number of ketones is 1. The molecule has 232 valence electrons. The second-order valence-corrected chi connectivity index (χ2v) is 14.9. The van der Waals surface area contributed by atoms with Crippen molar-refractivity contribution in [2.24, 2.45) is 11.8 Å². The maximum absolute atomic E-state index is 13.4. The van der Waals surface area contributed by atoms with Crippen LogP contribution < -0.4 is 0 Å². The Morgan fingerprint density at radius 1 is 0.860 bits per heavy atom. The Morgan fingerprint density at radius 2 is 1.51 bits per heavy atom. The van der Waals surface area contributed by atoms with E-state index < -0.39 is 0 Å². The molecule has 0 spiro atoms. The van der Waals surface area contributed by atoms with E-state index in [0.717, 1.165) is 104 Å². The highest BCUT2D eigenvalue weighted by atomic mass is 79.9. The van der Waals surface area contributed by atoms with Crippen LogP contribution in [0.2, 0.25) is 5.02 Å². The minimum absolute atomic E-state index is 0.167. The van der Waals surface area contributed by atoms with E-state index in [9.17, 15) is 14.4 Å². The van der Waals surface area contributed by atoms with Crippen LogP contribution in [0.15, 0.2) is 33.3 Å². The fourth-order valence-electron chi connectivity index (χ4n) is 7.26. The number of unbranched alkanes of at least 4 members (excludes halogenated alkanes) is 2. The monoisotopic (exact) mass is 733 g/mol. The molecule has 0 bridgehead atoms. The molecule has 2 aromatic rings. The van der Waals surface area contributed by atoms with Crippen LogP contribution in [-0.2, 0) is 27.2 Å². The highest BCUT2D eigenvalue weighted by Crippen LogP contribution is 2.46. The minimum Gasteiger partial charge on any atom is -0.343 e. The molecule has 1 atom stereocenters. The summed E-state index contributed by atoms with van der Waals surface area (Å²) in [5.41, 5.74) is 5.04. The van der Waals surface area contributed by atoms with Gasteiger partial charge < -0.3 is 14.6 Å². The van der Waals surface area contributed by atoms with Crippen molar-refractivity contribution in [2.45, 2.75) is 89.9 Å². The summed E-state index contributed by atoms with van der Waals surface area (Å²) in [7, 11) is 0. The second-order valence-electron chi connectivity index (χ2n) is 12.6. The van der Waals surface area contributed by atoms with Gasteiger partial charge in [-0.3, -0.25) is 14.6 Å². The molecule has 2 saturated heterocycles. The predicted octanol–water partition coefficient (Wildman–Crippen LogP) is 7.90. The van der Waals surface area contributed by atoms with Crippen LogP contribution in [-0.4, -0.2) is 58.6 Å². The zero-order valence-corrected chi connectivity index (χ0v) is 29.0. The molecule has 0 N–H and O–H groups in total. The summed E-state index contributed by atoms with van der Waals surface area (Å²) in [5, 5.41) is 0.751. The van der Waals surface area contributed by atoms with Gasteiger partial charge in [0.2, 0.25) is 11.8 Å². The molecule has 0 unspecified atom stereocenters. The van der Waals surface area contributed by atoms with Gasteiger partial charge in [0, 0.05) is 71.5 Å². The maximum Gasteiger partial charge on any atom is 0.222 e. The molecule has 9 heteroatoms. The lowest BCUT2D eigenvalue weighted by Gasteiger charge is -2.38. The van der Waals surface area contributed by atoms with E-state index in [4.69, 9.17) is 16.6 Å². The van der Waals surface area contributed by atoms with Gasteiger partial charge in [0.05, 0.1) is 5.69 Å². The van der Waals surface area contributed by atoms with Crippen LogP contribution in [0, 0.1) is 11.8 Å². The van der Waals surface area contributed by atoms with Crippen molar-refractivity contribution >= 4 is 61.1 Å². The average Bonchev–Trinajstić information content (AvgIpc) is 3.14. The number of benzene rings is 1. The first-order valence-electron chi connectivity index (χ1n) is 15.9. The number of pyridine rings is 1. The van der Waals surface area contributed by atoms with Crippen LogP contribution in [0.5, 0.6) is 0 Å². The third kappa shape index (κ3) is 8.29. The molecule has 1 aliphatic carbocycles. The molecule has 2 amide bonds. The van der Waals surface area contributed by atoms with Gasteiger partial charge >= 0.3 is 0 Å². The van der Waals surface area contributed by atoms with Crippen LogP contribution in [0.1, 0.15) is 99.4 Å². The molecule has 1 aromatic carbocycles. The number of likely N-dealkylation sites (tertiary alicyclic amines) is 2. The Labute approximate surface area is 277 Å². The molecule has 43 heavy (non-hydrogen) atoms. The Hall–Kier alpha value is -1.77. The molecule has 6 nitrogen and oxygen atoms in total. The van der Waals surface area contributed by atoms with E-state index in [-0.39, 0.29) is 23.5 Å². The fraction of sp³-hybridized carbons (Fsp3) is 0.588. The summed E-state index contributed by atoms with van der Waals surface area (Å²) in [6, 6.07) is 6.33. The fourth-order valence-corrected chi connectivity index (χ4v) is 8.76. The lowest BCUT2D eigenvalue weighted by molar-refractivity contribution is -0.135. The van der Waals surface area contributed by atoms with E-state index >= 15 is 0 Å². The van der Waals surface area contributed by atoms with Crippen molar-refractivity contribution < 1.29 is 14.4 Å². The number of halogens is 3. The first-order valence-corrected chi connectivity index (χ1v) is 17.8. The molecule has 3 heterocycles. The van der Waals surface area contributed by atoms with Gasteiger partial charge in [0.15, 0.2) is 0 Å². The number of fused-ring (bicyclic) bond motifs is 2. The number of nitrogens with zero attached hydrogens (tertiary/aromatic N) is 3. The third-order valence-corrected chi connectivity index (χ3v) is 10.9. The van der Waals surface area contributed by atoms with E-state index in [0.29, 0.717) is 31.1 Å². The second kappa shape index (κ2) is 15.0. The van der Waals surface area contributed by atoms with Crippen LogP contribution in [0.25, 0.3) is 0 Å². The Morgan fingerprint density at radius 3 is 2.23 bits per heavy atom. The number of rotatable bonds is 9. The Kier molecular flexibility index (Phi) is 11.4. The summed E-state index contributed by atoms with van der Waals surface area (Å²) in [6.07, 6.45) is 11.8. The first-order chi connectivity index (χ1) is 20.7.